The Balaban J connectivity index is 1.66. The minimum absolute atomic E-state index is 0.130. The van der Waals surface area contributed by atoms with Gasteiger partial charge in [-0.25, -0.2) is 4.39 Å². The van der Waals surface area contributed by atoms with Crippen LogP contribution in [-0.2, 0) is 4.74 Å². The number of hydrogen-bond acceptors (Lipinski definition) is 5. The predicted molar refractivity (Wildman–Crippen MR) is 115 cm³/mol. The van der Waals surface area contributed by atoms with Gasteiger partial charge >= 0.3 is 0 Å². The molecule has 2 rings (SSSR count). The Morgan fingerprint density at radius 2 is 2.30 bits per heavy atom. The third kappa shape index (κ3) is 8.08. The van der Waals surface area contributed by atoms with E-state index >= 15 is 0 Å². The van der Waals surface area contributed by atoms with Crippen molar-refractivity contribution in [2.75, 3.05) is 39.2 Å². The van der Waals surface area contributed by atoms with Crippen LogP contribution < -0.4 is 5.32 Å². The Bertz CT molecular complexity index is 615. The van der Waals surface area contributed by atoms with Crippen molar-refractivity contribution in [1.82, 2.24) is 10.2 Å². The van der Waals surface area contributed by atoms with E-state index in [1.54, 1.807) is 17.8 Å². The van der Waals surface area contributed by atoms with Gasteiger partial charge in [0.2, 0.25) is 0 Å². The summed E-state index contributed by atoms with van der Waals surface area (Å²) >= 11 is 7.36. The maximum absolute atomic E-state index is 13.7. The molecule has 1 aromatic rings. The van der Waals surface area contributed by atoms with E-state index in [2.05, 4.69) is 22.3 Å². The number of aliphatic imine (C=N–C) groups is 1. The van der Waals surface area contributed by atoms with E-state index in [4.69, 9.17) is 16.3 Å². The summed E-state index contributed by atoms with van der Waals surface area (Å²) in [6.07, 6.45) is 3.79. The molecule has 1 aliphatic heterocycles. The molecule has 7 heteroatoms. The molecule has 0 spiro atoms. The fourth-order valence-corrected chi connectivity index (χ4v) is 4.18. The number of likely N-dealkylation sites (tertiary alicyclic amines) is 1. The average molecular weight is 416 g/mol. The molecule has 1 N–H and O–H groups in total. The van der Waals surface area contributed by atoms with Gasteiger partial charge in [-0.05, 0) is 65.4 Å². The predicted octanol–water partition coefficient (Wildman–Crippen LogP) is 4.42. The zero-order chi connectivity index (χ0) is 19.6. The largest absolute Gasteiger partial charge is 0.365 e. The van der Waals surface area contributed by atoms with Gasteiger partial charge in [-0.2, -0.15) is 0 Å². The minimum Gasteiger partial charge on any atom is -0.365 e. The summed E-state index contributed by atoms with van der Waals surface area (Å²) in [5, 5.41) is 4.30. The van der Waals surface area contributed by atoms with E-state index in [-0.39, 0.29) is 11.1 Å². The first-order chi connectivity index (χ1) is 13.0. The Kier molecular flexibility index (Phi) is 10.1. The normalized spacial score (nSPS) is 18.6. The molecular weight excluding hydrogens is 385 g/mol. The summed E-state index contributed by atoms with van der Waals surface area (Å²) in [6, 6.07) is 5.68. The highest BCUT2D eigenvalue weighted by molar-refractivity contribution is 8.14. The SMILES string of the molecule is CC(C)N=C(SCCOCNCCC1CCCN1C)c1ccc(Cl)c(F)c1. The van der Waals surface area contributed by atoms with Crippen LogP contribution in [0.5, 0.6) is 0 Å². The highest BCUT2D eigenvalue weighted by Gasteiger charge is 2.19. The number of benzene rings is 1. The summed E-state index contributed by atoms with van der Waals surface area (Å²) in [5.41, 5.74) is 0.759. The topological polar surface area (TPSA) is 36.9 Å². The molecule has 0 bridgehead atoms. The van der Waals surface area contributed by atoms with Gasteiger partial charge < -0.3 is 9.64 Å². The Hall–Kier alpha value is -0.660. The number of nitrogens with zero attached hydrogens (tertiary/aromatic N) is 2. The highest BCUT2D eigenvalue weighted by Crippen LogP contribution is 2.21. The maximum atomic E-state index is 13.7. The van der Waals surface area contributed by atoms with Crippen molar-refractivity contribution in [3.63, 3.8) is 0 Å². The number of ether oxygens (including phenoxy) is 1. The van der Waals surface area contributed by atoms with Crippen LogP contribution in [0.25, 0.3) is 0 Å². The van der Waals surface area contributed by atoms with E-state index < -0.39 is 5.82 Å². The second-order valence-electron chi connectivity index (χ2n) is 7.12. The monoisotopic (exact) mass is 415 g/mol. The molecule has 1 fully saturated rings. The standard InChI is InChI=1S/C20H31ClFN3OS/c1-15(2)24-20(16-6-7-18(21)19(22)13-16)27-12-11-26-14-23-9-8-17-5-4-10-25(17)3/h6-7,13,15,17,23H,4-5,8-12,14H2,1-3H3. The van der Waals surface area contributed by atoms with Crippen LogP contribution in [-0.4, -0.2) is 61.3 Å². The molecule has 1 heterocycles. The average Bonchev–Trinajstić information content (AvgIpc) is 3.03. The quantitative estimate of drug-likeness (QED) is 0.266. The Labute approximate surface area is 171 Å². The zero-order valence-electron chi connectivity index (χ0n) is 16.5. The van der Waals surface area contributed by atoms with Crippen molar-refractivity contribution in [3.8, 4) is 0 Å². The van der Waals surface area contributed by atoms with Crippen LogP contribution in [0.1, 0.15) is 38.7 Å². The molecular formula is C20H31ClFN3OS. The van der Waals surface area contributed by atoms with Gasteiger partial charge in [0, 0.05) is 23.4 Å². The molecule has 1 unspecified atom stereocenters. The van der Waals surface area contributed by atoms with Crippen molar-refractivity contribution < 1.29 is 9.13 Å². The molecule has 152 valence electrons. The van der Waals surface area contributed by atoms with Crippen molar-refractivity contribution in [1.29, 1.82) is 0 Å². The van der Waals surface area contributed by atoms with Crippen LogP contribution >= 0.6 is 23.4 Å². The molecule has 27 heavy (non-hydrogen) atoms. The first-order valence-corrected chi connectivity index (χ1v) is 11.0. The van der Waals surface area contributed by atoms with Crippen molar-refractivity contribution in [3.05, 3.63) is 34.6 Å². The summed E-state index contributed by atoms with van der Waals surface area (Å²) in [4.78, 5) is 7.05. The van der Waals surface area contributed by atoms with Gasteiger partial charge in [-0.3, -0.25) is 10.3 Å². The van der Waals surface area contributed by atoms with Gasteiger partial charge in [-0.1, -0.05) is 17.7 Å². The number of rotatable bonds is 10. The van der Waals surface area contributed by atoms with E-state index in [0.29, 0.717) is 19.4 Å². The third-order valence-electron chi connectivity index (χ3n) is 4.54. The van der Waals surface area contributed by atoms with Crippen LogP contribution in [0.4, 0.5) is 4.39 Å². The second kappa shape index (κ2) is 12.0. The van der Waals surface area contributed by atoms with E-state index in [1.807, 2.05) is 19.9 Å². The molecule has 0 radical (unpaired) electrons. The van der Waals surface area contributed by atoms with Crippen molar-refractivity contribution in [2.24, 2.45) is 4.99 Å². The number of halogens is 2. The number of nitrogens with one attached hydrogen (secondary N) is 1. The Morgan fingerprint density at radius 1 is 1.48 bits per heavy atom. The molecule has 0 aliphatic carbocycles. The molecule has 1 aliphatic rings. The second-order valence-corrected chi connectivity index (χ2v) is 8.61. The fraction of sp³-hybridized carbons (Fsp3) is 0.650. The molecule has 1 aromatic carbocycles. The zero-order valence-corrected chi connectivity index (χ0v) is 18.1. The molecule has 0 aromatic heterocycles. The van der Waals surface area contributed by atoms with Gasteiger partial charge in [0.25, 0.3) is 0 Å². The summed E-state index contributed by atoms with van der Waals surface area (Å²) in [7, 11) is 2.20. The van der Waals surface area contributed by atoms with Gasteiger partial charge in [-0.15, -0.1) is 11.8 Å². The van der Waals surface area contributed by atoms with E-state index in [9.17, 15) is 4.39 Å². The van der Waals surface area contributed by atoms with E-state index in [1.165, 1.54) is 31.9 Å². The summed E-state index contributed by atoms with van der Waals surface area (Å²) < 4.78 is 19.4. The summed E-state index contributed by atoms with van der Waals surface area (Å²) in [5.74, 6) is 0.350. The van der Waals surface area contributed by atoms with Crippen molar-refractivity contribution >= 4 is 28.4 Å². The van der Waals surface area contributed by atoms with Crippen LogP contribution in [0, 0.1) is 5.82 Å². The molecule has 1 saturated heterocycles. The van der Waals surface area contributed by atoms with Crippen molar-refractivity contribution in [2.45, 2.75) is 45.2 Å². The van der Waals surface area contributed by atoms with Gasteiger partial charge in [0.15, 0.2) is 0 Å². The number of hydrogen-bond donors (Lipinski definition) is 1. The minimum atomic E-state index is -0.417. The molecule has 0 amide bonds. The fourth-order valence-electron chi connectivity index (χ4n) is 3.09. The summed E-state index contributed by atoms with van der Waals surface area (Å²) in [6.45, 7) is 7.39. The van der Waals surface area contributed by atoms with E-state index in [0.717, 1.165) is 22.9 Å². The van der Waals surface area contributed by atoms with Gasteiger partial charge in [0.05, 0.1) is 23.4 Å². The molecule has 1 atom stereocenters. The lowest BCUT2D eigenvalue weighted by atomic mass is 10.1. The molecule has 4 nitrogen and oxygen atoms in total. The lowest BCUT2D eigenvalue weighted by molar-refractivity contribution is 0.129. The third-order valence-corrected chi connectivity index (χ3v) is 5.83. The molecule has 0 saturated carbocycles. The lowest BCUT2D eigenvalue weighted by Crippen LogP contribution is -2.30. The number of thioether (sulfide) groups is 1. The highest BCUT2D eigenvalue weighted by atomic mass is 35.5. The van der Waals surface area contributed by atoms with Gasteiger partial charge in [0.1, 0.15) is 5.82 Å². The first-order valence-electron chi connectivity index (χ1n) is 9.62. The Morgan fingerprint density at radius 3 is 2.96 bits per heavy atom. The smallest absolute Gasteiger partial charge is 0.142 e. The van der Waals surface area contributed by atoms with Crippen LogP contribution in [0.3, 0.4) is 0 Å². The van der Waals surface area contributed by atoms with Crippen LogP contribution in [0.15, 0.2) is 23.2 Å². The maximum Gasteiger partial charge on any atom is 0.142 e. The lowest BCUT2D eigenvalue weighted by Gasteiger charge is -2.19. The first kappa shape index (κ1) is 22.6. The van der Waals surface area contributed by atoms with Crippen LogP contribution in [0.2, 0.25) is 5.02 Å².